The second-order valence-corrected chi connectivity index (χ2v) is 12.2. The summed E-state index contributed by atoms with van der Waals surface area (Å²) in [6.45, 7) is 5.20. The van der Waals surface area contributed by atoms with Gasteiger partial charge in [0.1, 0.15) is 18.4 Å². The van der Waals surface area contributed by atoms with Crippen molar-refractivity contribution in [1.82, 2.24) is 10.2 Å². The standard InChI is InChI=1S/C34H36FN3O4S/c1-4-36-34(40)32(22-27-11-6-5-7-12-27)37(23-28-16-18-29(35)19-17-28)33(39)24-38(31-13-9-8-10-26(31)3)43(41,42)30-20-14-25(2)15-21-30/h5-21,32H,4,22-24H2,1-3H3,(H,36,40)/t32-/m1/s1. The number of para-hydroxylation sites is 1. The van der Waals surface area contributed by atoms with Gasteiger partial charge in [-0.3, -0.25) is 13.9 Å². The van der Waals surface area contributed by atoms with Gasteiger partial charge in [-0.1, -0.05) is 78.4 Å². The first kappa shape index (κ1) is 31.4. The van der Waals surface area contributed by atoms with Crippen LogP contribution in [-0.4, -0.2) is 44.3 Å². The van der Waals surface area contributed by atoms with E-state index < -0.39 is 34.3 Å². The Kier molecular flexibility index (Phi) is 10.3. The van der Waals surface area contributed by atoms with Crippen LogP contribution in [0.3, 0.4) is 0 Å². The number of rotatable bonds is 12. The van der Waals surface area contributed by atoms with Gasteiger partial charge in [0.05, 0.1) is 10.6 Å². The largest absolute Gasteiger partial charge is 0.355 e. The Balaban J connectivity index is 1.80. The molecule has 0 saturated carbocycles. The zero-order valence-electron chi connectivity index (χ0n) is 24.5. The number of nitrogens with zero attached hydrogens (tertiary/aromatic N) is 2. The van der Waals surface area contributed by atoms with E-state index in [0.717, 1.165) is 15.4 Å². The molecule has 1 atom stereocenters. The molecule has 7 nitrogen and oxygen atoms in total. The molecule has 9 heteroatoms. The van der Waals surface area contributed by atoms with Crippen molar-refractivity contribution in [3.8, 4) is 0 Å². The molecule has 0 fully saturated rings. The lowest BCUT2D eigenvalue weighted by atomic mass is 10.0. The van der Waals surface area contributed by atoms with Gasteiger partial charge in [-0.05, 0) is 67.8 Å². The number of anilines is 1. The number of hydrogen-bond acceptors (Lipinski definition) is 4. The van der Waals surface area contributed by atoms with Crippen LogP contribution >= 0.6 is 0 Å². The molecule has 43 heavy (non-hydrogen) atoms. The lowest BCUT2D eigenvalue weighted by Crippen LogP contribution is -2.53. The van der Waals surface area contributed by atoms with E-state index in [9.17, 15) is 22.4 Å². The van der Waals surface area contributed by atoms with Gasteiger partial charge < -0.3 is 10.2 Å². The third-order valence-corrected chi connectivity index (χ3v) is 8.93. The Labute approximate surface area is 253 Å². The summed E-state index contributed by atoms with van der Waals surface area (Å²) in [5.74, 6) is -1.37. The average molecular weight is 602 g/mol. The van der Waals surface area contributed by atoms with E-state index in [2.05, 4.69) is 5.32 Å². The summed E-state index contributed by atoms with van der Waals surface area (Å²) in [5.41, 5.74) is 3.35. The second-order valence-electron chi connectivity index (χ2n) is 10.4. The zero-order valence-corrected chi connectivity index (χ0v) is 25.4. The van der Waals surface area contributed by atoms with Crippen LogP contribution in [-0.2, 0) is 32.6 Å². The molecule has 2 amide bonds. The van der Waals surface area contributed by atoms with Crippen LogP contribution in [0.2, 0.25) is 0 Å². The minimum Gasteiger partial charge on any atom is -0.355 e. The van der Waals surface area contributed by atoms with E-state index in [0.29, 0.717) is 23.4 Å². The van der Waals surface area contributed by atoms with Crippen LogP contribution in [0, 0.1) is 19.7 Å². The summed E-state index contributed by atoms with van der Waals surface area (Å²) in [6, 6.07) is 27.4. The molecule has 0 aliphatic carbocycles. The first-order chi connectivity index (χ1) is 20.6. The number of carbonyl (C=O) groups excluding carboxylic acids is 2. The van der Waals surface area contributed by atoms with Crippen LogP contribution in [0.1, 0.15) is 29.2 Å². The highest BCUT2D eigenvalue weighted by Gasteiger charge is 2.34. The summed E-state index contributed by atoms with van der Waals surface area (Å²) in [4.78, 5) is 29.3. The monoisotopic (exact) mass is 601 g/mol. The van der Waals surface area contributed by atoms with E-state index in [1.165, 1.54) is 29.2 Å². The number of hydrogen-bond donors (Lipinski definition) is 1. The van der Waals surface area contributed by atoms with E-state index in [4.69, 9.17) is 0 Å². The molecule has 4 aromatic rings. The van der Waals surface area contributed by atoms with Gasteiger partial charge in [0.25, 0.3) is 10.0 Å². The van der Waals surface area contributed by atoms with E-state index >= 15 is 0 Å². The molecular weight excluding hydrogens is 565 g/mol. The van der Waals surface area contributed by atoms with Crippen molar-refractivity contribution >= 4 is 27.5 Å². The molecule has 0 heterocycles. The lowest BCUT2D eigenvalue weighted by Gasteiger charge is -2.34. The third-order valence-electron chi connectivity index (χ3n) is 7.16. The topological polar surface area (TPSA) is 86.8 Å². The van der Waals surface area contributed by atoms with Crippen molar-refractivity contribution in [3.05, 3.63) is 131 Å². The Morgan fingerprint density at radius 3 is 2.07 bits per heavy atom. The lowest BCUT2D eigenvalue weighted by molar-refractivity contribution is -0.140. The maximum absolute atomic E-state index is 14.3. The molecule has 0 saturated heterocycles. The molecule has 0 bridgehead atoms. The third kappa shape index (κ3) is 7.87. The number of benzene rings is 4. The minimum absolute atomic E-state index is 0.0278. The number of sulfonamides is 1. The van der Waals surface area contributed by atoms with Gasteiger partial charge in [-0.15, -0.1) is 0 Å². The molecule has 0 aliphatic rings. The first-order valence-corrected chi connectivity index (χ1v) is 15.5. The summed E-state index contributed by atoms with van der Waals surface area (Å²) in [5, 5.41) is 2.83. The summed E-state index contributed by atoms with van der Waals surface area (Å²) in [7, 11) is -4.18. The van der Waals surface area contributed by atoms with Crippen LogP contribution in [0.25, 0.3) is 0 Å². The fraction of sp³-hybridized carbons (Fsp3) is 0.235. The van der Waals surface area contributed by atoms with Crippen molar-refractivity contribution in [2.45, 2.75) is 44.7 Å². The second kappa shape index (κ2) is 14.1. The maximum atomic E-state index is 14.3. The zero-order chi connectivity index (χ0) is 31.0. The van der Waals surface area contributed by atoms with Crippen LogP contribution in [0.5, 0.6) is 0 Å². The molecule has 4 rings (SSSR count). The Hall–Kier alpha value is -4.50. The van der Waals surface area contributed by atoms with Gasteiger partial charge in [-0.25, -0.2) is 12.8 Å². The van der Waals surface area contributed by atoms with Crippen molar-refractivity contribution in [2.24, 2.45) is 0 Å². The fourth-order valence-electron chi connectivity index (χ4n) is 4.83. The summed E-state index contributed by atoms with van der Waals surface area (Å²) >= 11 is 0. The molecule has 4 aromatic carbocycles. The number of likely N-dealkylation sites (N-methyl/N-ethyl adjacent to an activating group) is 1. The van der Waals surface area contributed by atoms with Gasteiger partial charge >= 0.3 is 0 Å². The summed E-state index contributed by atoms with van der Waals surface area (Å²) in [6.07, 6.45) is 0.203. The molecule has 0 unspecified atom stereocenters. The Morgan fingerprint density at radius 2 is 1.44 bits per heavy atom. The van der Waals surface area contributed by atoms with E-state index in [-0.39, 0.29) is 23.8 Å². The van der Waals surface area contributed by atoms with Gasteiger partial charge in [0.2, 0.25) is 11.8 Å². The Bertz CT molecular complexity index is 1640. The van der Waals surface area contributed by atoms with Crippen molar-refractivity contribution in [2.75, 3.05) is 17.4 Å². The maximum Gasteiger partial charge on any atom is 0.264 e. The highest BCUT2D eigenvalue weighted by Crippen LogP contribution is 2.28. The molecule has 0 aromatic heterocycles. The van der Waals surface area contributed by atoms with Crippen LogP contribution < -0.4 is 9.62 Å². The Morgan fingerprint density at radius 1 is 0.814 bits per heavy atom. The molecule has 0 aliphatic heterocycles. The average Bonchev–Trinajstić information content (AvgIpc) is 3.00. The van der Waals surface area contributed by atoms with Gasteiger partial charge in [0, 0.05) is 19.5 Å². The van der Waals surface area contributed by atoms with E-state index in [1.807, 2.05) is 37.3 Å². The smallest absolute Gasteiger partial charge is 0.264 e. The highest BCUT2D eigenvalue weighted by molar-refractivity contribution is 7.92. The van der Waals surface area contributed by atoms with Gasteiger partial charge in [0.15, 0.2) is 0 Å². The predicted octanol–water partition coefficient (Wildman–Crippen LogP) is 5.41. The number of nitrogens with one attached hydrogen (secondary N) is 1. The summed E-state index contributed by atoms with van der Waals surface area (Å²) < 4.78 is 43.0. The number of carbonyl (C=O) groups is 2. The normalized spacial score (nSPS) is 11.9. The highest BCUT2D eigenvalue weighted by atomic mass is 32.2. The van der Waals surface area contributed by atoms with Gasteiger partial charge in [-0.2, -0.15) is 0 Å². The van der Waals surface area contributed by atoms with Crippen LogP contribution in [0.4, 0.5) is 10.1 Å². The quantitative estimate of drug-likeness (QED) is 0.235. The van der Waals surface area contributed by atoms with Crippen molar-refractivity contribution in [3.63, 3.8) is 0 Å². The van der Waals surface area contributed by atoms with Crippen molar-refractivity contribution in [1.29, 1.82) is 0 Å². The fourth-order valence-corrected chi connectivity index (χ4v) is 6.31. The molecule has 0 spiro atoms. The minimum atomic E-state index is -4.18. The van der Waals surface area contributed by atoms with Crippen molar-refractivity contribution < 1.29 is 22.4 Å². The SMILES string of the molecule is CCNC(=O)[C@@H](Cc1ccccc1)N(Cc1ccc(F)cc1)C(=O)CN(c1ccccc1C)S(=O)(=O)c1ccc(C)cc1. The number of aryl methyl sites for hydroxylation is 2. The molecule has 1 N–H and O–H groups in total. The molecular formula is C34H36FN3O4S. The predicted molar refractivity (Wildman–Crippen MR) is 166 cm³/mol. The number of amides is 2. The molecule has 0 radical (unpaired) electrons. The first-order valence-electron chi connectivity index (χ1n) is 14.1. The number of halogens is 1. The molecule has 224 valence electrons. The van der Waals surface area contributed by atoms with E-state index in [1.54, 1.807) is 62.4 Å². The van der Waals surface area contributed by atoms with Crippen LogP contribution in [0.15, 0.2) is 108 Å².